The van der Waals surface area contributed by atoms with Crippen LogP contribution in [-0.4, -0.2) is 58.3 Å². The van der Waals surface area contributed by atoms with Crippen LogP contribution in [0.4, 0.5) is 20.2 Å². The number of rotatable bonds is 4. The van der Waals surface area contributed by atoms with Crippen LogP contribution >= 0.6 is 46.4 Å². The standard InChI is InChI=1S/C21H20Cl2FN3O3.C14H7Cl2FN2O.C3H6O.C2H7N/c1-4-30-18(28)16-14(11-7-8-25-17(23)15(11)24)21(20(2,3)27-16)12-6-5-10(22)9-13(12)26-19(21)29;15-8-1-2-9-10(14(20)19-11(9)6-8)5-7-3-4-18-13(16)12(7)17;1-3(2)4;1-2-3/h5-9,14,16,27H,4H2,1-3H3,(H,26,29);1-6H,(H,19,20);1-2H3;2-3H2,1H3/t14-,16+,21+;;;/m0.../s1. The van der Waals surface area contributed by atoms with Crippen molar-refractivity contribution < 1.29 is 32.7 Å². The Balaban J connectivity index is 0.000000229. The summed E-state index contributed by atoms with van der Waals surface area (Å²) >= 11 is 23.6. The highest BCUT2D eigenvalue weighted by molar-refractivity contribution is 6.37. The maximum Gasteiger partial charge on any atom is 0.323 e. The molecule has 3 atom stereocenters. The summed E-state index contributed by atoms with van der Waals surface area (Å²) in [6.07, 6.45) is 4.18. The molecule has 5 heterocycles. The number of Topliss-reactive ketones (excluding diaryl/α,β-unsaturated/α-hetero) is 1. The third-order valence-electron chi connectivity index (χ3n) is 9.01. The van der Waals surface area contributed by atoms with Crippen LogP contribution in [-0.2, 0) is 29.3 Å². The van der Waals surface area contributed by atoms with Gasteiger partial charge in [-0.3, -0.25) is 19.7 Å². The van der Waals surface area contributed by atoms with E-state index in [0.717, 1.165) is 6.54 Å². The van der Waals surface area contributed by atoms with E-state index in [1.807, 2.05) is 20.8 Å². The van der Waals surface area contributed by atoms with Gasteiger partial charge in [0.25, 0.3) is 5.91 Å². The van der Waals surface area contributed by atoms with Gasteiger partial charge in [-0.2, -0.15) is 0 Å². The van der Waals surface area contributed by atoms with Gasteiger partial charge in [-0.15, -0.1) is 0 Å². The second-order valence-corrected chi connectivity index (χ2v) is 15.0. The van der Waals surface area contributed by atoms with Crippen LogP contribution in [0.25, 0.3) is 11.6 Å². The molecule has 5 N–H and O–H groups in total. The third kappa shape index (κ3) is 9.30. The van der Waals surface area contributed by atoms with Gasteiger partial charge >= 0.3 is 5.97 Å². The lowest BCUT2D eigenvalue weighted by atomic mass is 9.60. The number of carbonyl (C=O) groups excluding carboxylic acids is 4. The highest BCUT2D eigenvalue weighted by Crippen LogP contribution is 2.59. The number of hydrogen-bond acceptors (Lipinski definition) is 9. The molecule has 7 rings (SSSR count). The lowest BCUT2D eigenvalue weighted by Crippen LogP contribution is -2.55. The highest BCUT2D eigenvalue weighted by Gasteiger charge is 2.69. The molecule has 11 nitrogen and oxygen atoms in total. The van der Waals surface area contributed by atoms with Gasteiger partial charge in [0.15, 0.2) is 21.9 Å². The van der Waals surface area contributed by atoms with Crippen molar-refractivity contribution in [3.63, 3.8) is 0 Å². The molecule has 302 valence electrons. The lowest BCUT2D eigenvalue weighted by Gasteiger charge is -2.40. The minimum Gasteiger partial charge on any atom is -0.465 e. The summed E-state index contributed by atoms with van der Waals surface area (Å²) in [5.41, 5.74) is 5.69. The molecule has 1 fully saturated rings. The fourth-order valence-electron chi connectivity index (χ4n) is 6.98. The van der Waals surface area contributed by atoms with Gasteiger partial charge in [0.1, 0.15) is 17.2 Å². The molecular formula is C40H40Cl4F2N6O5. The fourth-order valence-corrected chi connectivity index (χ4v) is 7.66. The van der Waals surface area contributed by atoms with Crippen molar-refractivity contribution in [3.05, 3.63) is 115 Å². The Kier molecular flexibility index (Phi) is 14.9. The monoisotopic (exact) mass is 862 g/mol. The number of esters is 1. The van der Waals surface area contributed by atoms with Gasteiger partial charge in [0.05, 0.1) is 12.3 Å². The molecule has 57 heavy (non-hydrogen) atoms. The molecule has 0 saturated carbocycles. The number of hydrogen-bond donors (Lipinski definition) is 4. The summed E-state index contributed by atoms with van der Waals surface area (Å²) < 4.78 is 34.3. The molecule has 17 heteroatoms. The normalized spacial score (nSPS) is 20.1. The minimum atomic E-state index is -1.32. The number of nitrogens with zero attached hydrogens (tertiary/aromatic N) is 2. The van der Waals surface area contributed by atoms with Crippen molar-refractivity contribution in [1.29, 1.82) is 0 Å². The van der Waals surface area contributed by atoms with E-state index >= 15 is 4.39 Å². The number of anilines is 2. The maximum atomic E-state index is 15.2. The SMILES string of the molecule is CC(C)=O.CCN.CCOC(=O)[C@@H]1NC(C)(C)[C@@]2(C(=O)Nc3cc(Cl)ccc32)[C@H]1c1ccnc(Cl)c1F.O=C1Nc2cc(Cl)ccc2C1=Cc1ccnc(Cl)c1F. The molecule has 0 bridgehead atoms. The average Bonchev–Trinajstić information content (AvgIpc) is 3.69. The summed E-state index contributed by atoms with van der Waals surface area (Å²) in [6.45, 7) is 11.2. The summed E-state index contributed by atoms with van der Waals surface area (Å²) in [5, 5.41) is 9.19. The number of amides is 2. The molecule has 3 aliphatic rings. The van der Waals surface area contributed by atoms with Crippen molar-refractivity contribution in [2.75, 3.05) is 23.8 Å². The van der Waals surface area contributed by atoms with E-state index in [4.69, 9.17) is 56.9 Å². The molecule has 4 aromatic rings. The van der Waals surface area contributed by atoms with Gasteiger partial charge in [-0.25, -0.2) is 18.7 Å². The summed E-state index contributed by atoms with van der Waals surface area (Å²) in [6, 6.07) is 12.0. The summed E-state index contributed by atoms with van der Waals surface area (Å²) in [7, 11) is 0. The second-order valence-electron chi connectivity index (χ2n) is 13.5. The van der Waals surface area contributed by atoms with E-state index in [9.17, 15) is 23.6 Å². The number of ether oxygens (including phenoxy) is 1. The Hall–Kier alpha value is -4.50. The number of carbonyl (C=O) groups is 4. The molecule has 2 aromatic heterocycles. The molecule has 2 amide bonds. The van der Waals surface area contributed by atoms with Crippen LogP contribution in [0.3, 0.4) is 0 Å². The first-order valence-electron chi connectivity index (χ1n) is 17.5. The predicted octanol–water partition coefficient (Wildman–Crippen LogP) is 8.40. The number of aromatic nitrogens is 2. The largest absolute Gasteiger partial charge is 0.465 e. The first kappa shape index (κ1) is 45.2. The van der Waals surface area contributed by atoms with E-state index < -0.39 is 40.5 Å². The maximum absolute atomic E-state index is 15.2. The molecular weight excluding hydrogens is 824 g/mol. The molecule has 0 aliphatic carbocycles. The summed E-state index contributed by atoms with van der Waals surface area (Å²) in [5.74, 6) is -3.44. The highest BCUT2D eigenvalue weighted by atomic mass is 35.5. The molecule has 2 aromatic carbocycles. The first-order chi connectivity index (χ1) is 26.9. The number of ketones is 1. The Labute approximate surface area is 348 Å². The lowest BCUT2D eigenvalue weighted by molar-refractivity contribution is -0.145. The van der Waals surface area contributed by atoms with Crippen molar-refractivity contribution in [1.82, 2.24) is 15.3 Å². The molecule has 0 radical (unpaired) electrons. The minimum absolute atomic E-state index is 0.115. The van der Waals surface area contributed by atoms with Gasteiger partial charge in [-0.1, -0.05) is 65.5 Å². The van der Waals surface area contributed by atoms with Gasteiger partial charge in [0, 0.05) is 56.3 Å². The van der Waals surface area contributed by atoms with Gasteiger partial charge in [0.2, 0.25) is 5.91 Å². The van der Waals surface area contributed by atoms with Crippen LogP contribution in [0, 0.1) is 11.6 Å². The van der Waals surface area contributed by atoms with E-state index in [-0.39, 0.29) is 45.6 Å². The van der Waals surface area contributed by atoms with Crippen molar-refractivity contribution >= 4 is 93.0 Å². The van der Waals surface area contributed by atoms with E-state index in [0.29, 0.717) is 38.1 Å². The molecule has 0 unspecified atom stereocenters. The number of pyridine rings is 2. The van der Waals surface area contributed by atoms with Crippen molar-refractivity contribution in [3.8, 4) is 0 Å². The zero-order valence-electron chi connectivity index (χ0n) is 31.7. The van der Waals surface area contributed by atoms with E-state index in [2.05, 4.69) is 25.9 Å². The zero-order valence-corrected chi connectivity index (χ0v) is 34.7. The number of fused-ring (bicyclic) bond motifs is 3. The Morgan fingerprint density at radius 2 is 1.44 bits per heavy atom. The first-order valence-corrected chi connectivity index (χ1v) is 19.0. The fraction of sp³-hybridized carbons (Fsp3) is 0.300. The van der Waals surface area contributed by atoms with Crippen LogP contribution in [0.5, 0.6) is 0 Å². The predicted molar refractivity (Wildman–Crippen MR) is 220 cm³/mol. The van der Waals surface area contributed by atoms with Gasteiger partial charge in [-0.05, 0) is 94.8 Å². The number of halogens is 6. The Bertz CT molecular complexity index is 2240. The van der Waals surface area contributed by atoms with E-state index in [1.165, 1.54) is 44.4 Å². The molecule has 3 aliphatic heterocycles. The average molecular weight is 865 g/mol. The number of benzene rings is 2. The quantitative estimate of drug-likeness (QED) is 0.0896. The van der Waals surface area contributed by atoms with E-state index in [1.54, 1.807) is 43.3 Å². The van der Waals surface area contributed by atoms with Crippen LogP contribution in [0.15, 0.2) is 60.9 Å². The topological polar surface area (TPSA) is 165 Å². The van der Waals surface area contributed by atoms with Crippen molar-refractivity contribution in [2.24, 2.45) is 5.73 Å². The van der Waals surface area contributed by atoms with Gasteiger partial charge < -0.3 is 25.9 Å². The molecule has 1 spiro atoms. The van der Waals surface area contributed by atoms with Crippen LogP contribution < -0.4 is 21.7 Å². The number of nitrogens with two attached hydrogens (primary N) is 1. The Morgan fingerprint density at radius 3 is 2.05 bits per heavy atom. The van der Waals surface area contributed by atoms with Crippen LogP contribution in [0.1, 0.15) is 69.7 Å². The second kappa shape index (κ2) is 18.8. The zero-order chi connectivity index (χ0) is 42.4. The third-order valence-corrected chi connectivity index (χ3v) is 10.0. The van der Waals surface area contributed by atoms with Crippen molar-refractivity contribution in [2.45, 2.75) is 64.5 Å². The van der Waals surface area contributed by atoms with Crippen LogP contribution in [0.2, 0.25) is 20.4 Å². The summed E-state index contributed by atoms with van der Waals surface area (Å²) in [4.78, 5) is 55.3. The molecule has 1 saturated heterocycles. The smallest absolute Gasteiger partial charge is 0.323 e. The Morgan fingerprint density at radius 1 is 0.877 bits per heavy atom. The number of nitrogens with one attached hydrogen (secondary N) is 3.